The second-order valence-electron chi connectivity index (χ2n) is 8.11. The molecular weight excluding hydrogens is 334 g/mol. The predicted molar refractivity (Wildman–Crippen MR) is 110 cm³/mol. The molecule has 0 radical (unpaired) electrons. The molecule has 0 N–H and O–H groups in total. The van der Waals surface area contributed by atoms with Gasteiger partial charge < -0.3 is 14.4 Å². The van der Waals surface area contributed by atoms with Gasteiger partial charge in [0.05, 0.1) is 13.7 Å². The van der Waals surface area contributed by atoms with Gasteiger partial charge in [-0.25, -0.2) is 0 Å². The van der Waals surface area contributed by atoms with Crippen LogP contribution in [0, 0.1) is 6.92 Å². The number of ether oxygens (including phenoxy) is 2. The van der Waals surface area contributed by atoms with E-state index in [1.807, 2.05) is 0 Å². The molecule has 2 aliphatic rings. The van der Waals surface area contributed by atoms with Gasteiger partial charge in [0.1, 0.15) is 11.5 Å². The molecule has 1 atom stereocenters. The summed E-state index contributed by atoms with van der Waals surface area (Å²) < 4.78 is 11.3. The van der Waals surface area contributed by atoms with E-state index in [0.717, 1.165) is 50.5 Å². The second-order valence-corrected chi connectivity index (χ2v) is 8.11. The number of nitrogens with zero attached hydrogens (tertiary/aromatic N) is 1. The third-order valence-corrected chi connectivity index (χ3v) is 6.25. The normalized spacial score (nSPS) is 18.1. The van der Waals surface area contributed by atoms with E-state index in [9.17, 15) is 0 Å². The summed E-state index contributed by atoms with van der Waals surface area (Å²) in [6, 6.07) is 11.1. The largest absolute Gasteiger partial charge is 0.496 e. The summed E-state index contributed by atoms with van der Waals surface area (Å²) in [4.78, 5) is 2.50. The fourth-order valence-corrected chi connectivity index (χ4v) is 4.72. The quantitative estimate of drug-likeness (QED) is 0.750. The molecule has 144 valence electrons. The molecule has 4 rings (SSSR count). The number of hydrogen-bond acceptors (Lipinski definition) is 3. The van der Waals surface area contributed by atoms with E-state index in [1.165, 1.54) is 40.7 Å². The van der Waals surface area contributed by atoms with Crippen molar-refractivity contribution in [1.29, 1.82) is 0 Å². The number of benzene rings is 2. The first-order chi connectivity index (χ1) is 13.2. The van der Waals surface area contributed by atoms with Gasteiger partial charge >= 0.3 is 0 Å². The van der Waals surface area contributed by atoms with E-state index in [-0.39, 0.29) is 0 Å². The lowest BCUT2D eigenvalue weighted by molar-refractivity contribution is 0.299. The first-order valence-corrected chi connectivity index (χ1v) is 10.2. The molecule has 1 aliphatic heterocycles. The molecule has 1 heterocycles. The van der Waals surface area contributed by atoms with Gasteiger partial charge in [-0.1, -0.05) is 18.2 Å². The summed E-state index contributed by atoms with van der Waals surface area (Å²) in [6.45, 7) is 5.26. The molecular formula is C24H31NO2. The Labute approximate surface area is 163 Å². The van der Waals surface area contributed by atoms with E-state index >= 15 is 0 Å². The molecule has 3 nitrogen and oxygen atoms in total. The van der Waals surface area contributed by atoms with Crippen molar-refractivity contribution in [2.24, 2.45) is 0 Å². The highest BCUT2D eigenvalue weighted by Crippen LogP contribution is 2.37. The van der Waals surface area contributed by atoms with Crippen LogP contribution < -0.4 is 9.47 Å². The molecule has 0 spiro atoms. The lowest BCUT2D eigenvalue weighted by Crippen LogP contribution is -2.28. The predicted octanol–water partition coefficient (Wildman–Crippen LogP) is 4.53. The van der Waals surface area contributed by atoms with E-state index < -0.39 is 0 Å². The van der Waals surface area contributed by atoms with E-state index in [4.69, 9.17) is 9.47 Å². The zero-order chi connectivity index (χ0) is 18.8. The van der Waals surface area contributed by atoms with Gasteiger partial charge in [0.25, 0.3) is 0 Å². The molecule has 2 aromatic rings. The minimum Gasteiger partial charge on any atom is -0.496 e. The van der Waals surface area contributed by atoms with Gasteiger partial charge in [-0.2, -0.15) is 0 Å². The van der Waals surface area contributed by atoms with Crippen LogP contribution in [0.15, 0.2) is 30.3 Å². The van der Waals surface area contributed by atoms with Crippen LogP contribution >= 0.6 is 0 Å². The minimum absolute atomic E-state index is 0.614. The average Bonchev–Trinajstić information content (AvgIpc) is 3.13. The summed E-state index contributed by atoms with van der Waals surface area (Å²) in [5, 5.41) is 0. The highest BCUT2D eigenvalue weighted by Gasteiger charge is 2.24. The monoisotopic (exact) mass is 365 g/mol. The van der Waals surface area contributed by atoms with Crippen molar-refractivity contribution in [2.75, 3.05) is 33.9 Å². The summed E-state index contributed by atoms with van der Waals surface area (Å²) in [6.07, 6.45) is 5.85. The smallest absolute Gasteiger partial charge is 0.122 e. The fourth-order valence-electron chi connectivity index (χ4n) is 4.72. The Morgan fingerprint density at radius 3 is 2.96 bits per heavy atom. The van der Waals surface area contributed by atoms with Gasteiger partial charge in [0.2, 0.25) is 0 Å². The number of aryl methyl sites for hydroxylation is 1. The van der Waals surface area contributed by atoms with Crippen LogP contribution in [0.5, 0.6) is 11.5 Å². The lowest BCUT2D eigenvalue weighted by Gasteiger charge is -2.30. The van der Waals surface area contributed by atoms with Crippen molar-refractivity contribution in [3.63, 3.8) is 0 Å². The molecule has 0 saturated heterocycles. The summed E-state index contributed by atoms with van der Waals surface area (Å²) in [5.41, 5.74) is 7.14. The molecule has 0 saturated carbocycles. The highest BCUT2D eigenvalue weighted by atomic mass is 16.5. The second kappa shape index (κ2) is 7.93. The maximum absolute atomic E-state index is 5.69. The van der Waals surface area contributed by atoms with Crippen molar-refractivity contribution in [3.8, 4) is 11.5 Å². The highest BCUT2D eigenvalue weighted by molar-refractivity contribution is 5.45. The van der Waals surface area contributed by atoms with E-state index in [2.05, 4.69) is 49.2 Å². The van der Waals surface area contributed by atoms with Crippen LogP contribution in [0.1, 0.15) is 46.6 Å². The Balaban J connectivity index is 1.40. The molecule has 2 aromatic carbocycles. The fraction of sp³-hybridized carbons (Fsp3) is 0.500. The summed E-state index contributed by atoms with van der Waals surface area (Å²) >= 11 is 0. The van der Waals surface area contributed by atoms with Crippen LogP contribution in [0.4, 0.5) is 0 Å². The van der Waals surface area contributed by atoms with Gasteiger partial charge in [-0.05, 0) is 85.5 Å². The van der Waals surface area contributed by atoms with Gasteiger partial charge in [-0.3, -0.25) is 0 Å². The SMILES string of the molecule is COc1cccc2c1CCCC2CN(C)CCc1cc2c(cc1C)OCC2. The molecule has 0 bridgehead atoms. The number of methoxy groups -OCH3 is 1. The Hall–Kier alpha value is -2.00. The number of rotatable bonds is 6. The van der Waals surface area contributed by atoms with Gasteiger partial charge in [-0.15, -0.1) is 0 Å². The standard InChI is InChI=1S/C24H31NO2/c1-17-14-24-19(11-13-27-24)15-18(17)10-12-25(2)16-20-6-4-8-22-21(20)7-5-9-23(22)26-3/h5,7,9,14-15,20H,4,6,8,10-13,16H2,1-3H3. The molecule has 0 amide bonds. The molecule has 0 fully saturated rings. The zero-order valence-corrected chi connectivity index (χ0v) is 16.9. The van der Waals surface area contributed by atoms with Gasteiger partial charge in [0, 0.05) is 19.5 Å². The first kappa shape index (κ1) is 18.4. The Morgan fingerprint density at radius 2 is 2.11 bits per heavy atom. The Bertz CT molecular complexity index is 814. The topological polar surface area (TPSA) is 21.7 Å². The van der Waals surface area contributed by atoms with Gasteiger partial charge in [0.15, 0.2) is 0 Å². The summed E-state index contributed by atoms with van der Waals surface area (Å²) in [5.74, 6) is 2.77. The molecule has 1 aliphatic carbocycles. The van der Waals surface area contributed by atoms with E-state index in [0.29, 0.717) is 5.92 Å². The Morgan fingerprint density at radius 1 is 1.22 bits per heavy atom. The third-order valence-electron chi connectivity index (χ3n) is 6.25. The maximum Gasteiger partial charge on any atom is 0.122 e. The number of fused-ring (bicyclic) bond motifs is 2. The molecule has 0 aromatic heterocycles. The van der Waals surface area contributed by atoms with Crippen LogP contribution in [-0.4, -0.2) is 38.8 Å². The zero-order valence-electron chi connectivity index (χ0n) is 16.9. The molecule has 27 heavy (non-hydrogen) atoms. The first-order valence-electron chi connectivity index (χ1n) is 10.2. The molecule has 3 heteroatoms. The molecule has 1 unspecified atom stereocenters. The van der Waals surface area contributed by atoms with Crippen LogP contribution in [0.25, 0.3) is 0 Å². The average molecular weight is 366 g/mol. The number of hydrogen-bond donors (Lipinski definition) is 0. The van der Waals surface area contributed by atoms with Crippen LogP contribution in [-0.2, 0) is 19.3 Å². The van der Waals surface area contributed by atoms with Crippen molar-refractivity contribution in [2.45, 2.75) is 44.9 Å². The third kappa shape index (κ3) is 3.84. The lowest BCUT2D eigenvalue weighted by atomic mass is 9.82. The van der Waals surface area contributed by atoms with Crippen LogP contribution in [0.2, 0.25) is 0 Å². The minimum atomic E-state index is 0.614. The van der Waals surface area contributed by atoms with Crippen molar-refractivity contribution in [3.05, 3.63) is 58.1 Å². The van der Waals surface area contributed by atoms with Crippen molar-refractivity contribution < 1.29 is 9.47 Å². The van der Waals surface area contributed by atoms with Crippen molar-refractivity contribution in [1.82, 2.24) is 4.90 Å². The van der Waals surface area contributed by atoms with Crippen molar-refractivity contribution >= 4 is 0 Å². The maximum atomic E-state index is 5.69. The van der Waals surface area contributed by atoms with Crippen LogP contribution in [0.3, 0.4) is 0 Å². The van der Waals surface area contributed by atoms with E-state index in [1.54, 1.807) is 7.11 Å². The summed E-state index contributed by atoms with van der Waals surface area (Å²) in [7, 11) is 4.05. The Kier molecular flexibility index (Phi) is 5.40. The number of likely N-dealkylation sites (N-methyl/N-ethyl adjacent to an activating group) is 1.